The lowest BCUT2D eigenvalue weighted by atomic mass is 10.0. The maximum Gasteiger partial charge on any atom is 0.275 e. The Morgan fingerprint density at radius 2 is 1.31 bits per heavy atom. The summed E-state index contributed by atoms with van der Waals surface area (Å²) in [5.74, 6) is -0.0111. The number of hydrogen-bond donors (Lipinski definition) is 1. The van der Waals surface area contributed by atoms with Gasteiger partial charge >= 0.3 is 0 Å². The van der Waals surface area contributed by atoms with Gasteiger partial charge in [0.25, 0.3) is 5.91 Å². The predicted molar refractivity (Wildman–Crippen MR) is 120 cm³/mol. The molecule has 0 radical (unpaired) electrons. The zero-order valence-electron chi connectivity index (χ0n) is 17.4. The quantitative estimate of drug-likeness (QED) is 0.600. The summed E-state index contributed by atoms with van der Waals surface area (Å²) in [4.78, 5) is 15.4. The Morgan fingerprint density at radius 3 is 1.90 bits per heavy atom. The molecule has 1 amide bonds. The maximum absolute atomic E-state index is 13.5. The zero-order chi connectivity index (χ0) is 20.5. The van der Waals surface area contributed by atoms with E-state index in [1.165, 1.54) is 11.1 Å². The molecule has 1 N–H and O–H groups in total. The maximum atomic E-state index is 13.5. The Bertz CT molecular complexity index is 1060. The SMILES string of the molecule is Cc1cc(C)cc(NC2=C[C@H](c3ccccc3)N(c3cc(C)cc(C)c3)C2=O)c1. The van der Waals surface area contributed by atoms with Crippen LogP contribution in [0.15, 0.2) is 78.5 Å². The Hall–Kier alpha value is -3.33. The van der Waals surface area contributed by atoms with Crippen molar-refractivity contribution in [2.45, 2.75) is 33.7 Å². The van der Waals surface area contributed by atoms with Crippen LogP contribution in [-0.2, 0) is 4.79 Å². The second kappa shape index (κ2) is 7.59. The molecule has 1 heterocycles. The first-order valence-corrected chi connectivity index (χ1v) is 9.95. The number of amides is 1. The smallest absolute Gasteiger partial charge is 0.275 e. The summed E-state index contributed by atoms with van der Waals surface area (Å²) in [5.41, 5.74) is 8.21. The highest BCUT2D eigenvalue weighted by Crippen LogP contribution is 2.37. The summed E-state index contributed by atoms with van der Waals surface area (Å²) in [5, 5.41) is 3.37. The van der Waals surface area contributed by atoms with E-state index in [-0.39, 0.29) is 11.9 Å². The summed E-state index contributed by atoms with van der Waals surface area (Å²) in [7, 11) is 0. The van der Waals surface area contributed by atoms with Gasteiger partial charge in [-0.2, -0.15) is 0 Å². The molecule has 0 fully saturated rings. The molecule has 146 valence electrons. The zero-order valence-corrected chi connectivity index (χ0v) is 17.4. The summed E-state index contributed by atoms with van der Waals surface area (Å²) >= 11 is 0. The normalized spacial score (nSPS) is 16.1. The van der Waals surface area contributed by atoms with Gasteiger partial charge < -0.3 is 5.32 Å². The van der Waals surface area contributed by atoms with E-state index in [1.54, 1.807) is 0 Å². The van der Waals surface area contributed by atoms with Crippen molar-refractivity contribution in [3.63, 3.8) is 0 Å². The van der Waals surface area contributed by atoms with Gasteiger partial charge in [-0.15, -0.1) is 0 Å². The molecule has 3 nitrogen and oxygen atoms in total. The van der Waals surface area contributed by atoms with Crippen LogP contribution in [0, 0.1) is 27.7 Å². The van der Waals surface area contributed by atoms with E-state index in [2.05, 4.69) is 81.5 Å². The number of benzene rings is 3. The predicted octanol–water partition coefficient (Wildman–Crippen LogP) is 6.00. The Morgan fingerprint density at radius 1 is 0.759 bits per heavy atom. The lowest BCUT2D eigenvalue weighted by molar-refractivity contribution is -0.114. The second-order valence-electron chi connectivity index (χ2n) is 7.96. The lowest BCUT2D eigenvalue weighted by Gasteiger charge is -2.26. The molecule has 0 aliphatic carbocycles. The highest BCUT2D eigenvalue weighted by atomic mass is 16.2. The molecule has 4 rings (SSSR count). The van der Waals surface area contributed by atoms with Crippen LogP contribution in [-0.4, -0.2) is 5.91 Å². The van der Waals surface area contributed by atoms with E-state index in [9.17, 15) is 4.79 Å². The molecule has 1 aliphatic heterocycles. The summed E-state index contributed by atoms with van der Waals surface area (Å²) in [6, 6.07) is 22.6. The third kappa shape index (κ3) is 3.95. The molecule has 1 atom stereocenters. The summed E-state index contributed by atoms with van der Waals surface area (Å²) in [6.45, 7) is 8.27. The van der Waals surface area contributed by atoms with Crippen LogP contribution in [0.4, 0.5) is 11.4 Å². The van der Waals surface area contributed by atoms with Crippen LogP contribution in [0.1, 0.15) is 33.9 Å². The molecule has 0 spiro atoms. The van der Waals surface area contributed by atoms with Crippen LogP contribution in [0.2, 0.25) is 0 Å². The number of nitrogens with one attached hydrogen (secondary N) is 1. The van der Waals surface area contributed by atoms with Gasteiger partial charge in [0.15, 0.2) is 0 Å². The molecule has 29 heavy (non-hydrogen) atoms. The number of carbonyl (C=O) groups is 1. The minimum atomic E-state index is -0.140. The van der Waals surface area contributed by atoms with Gasteiger partial charge in [-0.1, -0.05) is 42.5 Å². The second-order valence-corrected chi connectivity index (χ2v) is 7.96. The van der Waals surface area contributed by atoms with Crippen molar-refractivity contribution in [2.75, 3.05) is 10.2 Å². The highest BCUT2D eigenvalue weighted by Gasteiger charge is 2.34. The monoisotopic (exact) mass is 382 g/mol. The van der Waals surface area contributed by atoms with Crippen molar-refractivity contribution >= 4 is 17.3 Å². The van der Waals surface area contributed by atoms with Crippen molar-refractivity contribution in [2.24, 2.45) is 0 Å². The first-order chi connectivity index (χ1) is 13.9. The largest absolute Gasteiger partial charge is 0.351 e. The Balaban J connectivity index is 1.76. The fourth-order valence-electron chi connectivity index (χ4n) is 4.12. The van der Waals surface area contributed by atoms with Crippen LogP contribution >= 0.6 is 0 Å². The molecule has 0 bridgehead atoms. The minimum Gasteiger partial charge on any atom is -0.351 e. The summed E-state index contributed by atoms with van der Waals surface area (Å²) < 4.78 is 0. The third-order valence-corrected chi connectivity index (χ3v) is 5.18. The van der Waals surface area contributed by atoms with Gasteiger partial charge in [0.1, 0.15) is 5.70 Å². The number of aryl methyl sites for hydroxylation is 4. The van der Waals surface area contributed by atoms with Crippen molar-refractivity contribution in [3.05, 3.63) is 106 Å². The highest BCUT2D eigenvalue weighted by molar-refractivity contribution is 6.11. The number of rotatable bonds is 4. The third-order valence-electron chi connectivity index (χ3n) is 5.18. The molecule has 3 aromatic rings. The van der Waals surface area contributed by atoms with Gasteiger partial charge in [-0.05, 0) is 85.9 Å². The number of anilines is 2. The van der Waals surface area contributed by atoms with Gasteiger partial charge in [-0.25, -0.2) is 0 Å². The van der Waals surface area contributed by atoms with Gasteiger partial charge in [0.05, 0.1) is 6.04 Å². The molecule has 0 saturated heterocycles. The average molecular weight is 383 g/mol. The van der Waals surface area contributed by atoms with Crippen LogP contribution < -0.4 is 10.2 Å². The first-order valence-electron chi connectivity index (χ1n) is 9.95. The molecular formula is C26H26N2O. The molecule has 0 aromatic heterocycles. The molecule has 0 unspecified atom stereocenters. The number of hydrogen-bond acceptors (Lipinski definition) is 2. The van der Waals surface area contributed by atoms with Crippen molar-refractivity contribution in [1.29, 1.82) is 0 Å². The van der Waals surface area contributed by atoms with Gasteiger partial charge in [-0.3, -0.25) is 9.69 Å². The van der Waals surface area contributed by atoms with Crippen molar-refractivity contribution < 1.29 is 4.79 Å². The van der Waals surface area contributed by atoms with E-state index < -0.39 is 0 Å². The van der Waals surface area contributed by atoms with Crippen LogP contribution in [0.3, 0.4) is 0 Å². The standard InChI is InChI=1S/C26H26N2O/c1-17-10-18(2)13-22(12-17)27-24-16-25(21-8-6-5-7-9-21)28(26(24)29)23-14-19(3)11-20(4)15-23/h5-16,25,27H,1-4H3/t25-/m1/s1. The fourth-order valence-corrected chi connectivity index (χ4v) is 4.12. The van der Waals surface area contributed by atoms with E-state index in [4.69, 9.17) is 0 Å². The number of nitrogens with zero attached hydrogens (tertiary/aromatic N) is 1. The van der Waals surface area contributed by atoms with Crippen molar-refractivity contribution in [1.82, 2.24) is 0 Å². The van der Waals surface area contributed by atoms with Crippen molar-refractivity contribution in [3.8, 4) is 0 Å². The molecular weight excluding hydrogens is 356 g/mol. The lowest BCUT2D eigenvalue weighted by Crippen LogP contribution is -2.31. The Labute approximate surface area is 172 Å². The average Bonchev–Trinajstić information content (AvgIpc) is 2.97. The number of carbonyl (C=O) groups excluding carboxylic acids is 1. The minimum absolute atomic E-state index is 0.0111. The van der Waals surface area contributed by atoms with Gasteiger partial charge in [0, 0.05) is 11.4 Å². The molecule has 0 saturated carbocycles. The summed E-state index contributed by atoms with van der Waals surface area (Å²) in [6.07, 6.45) is 2.03. The topological polar surface area (TPSA) is 32.3 Å². The van der Waals surface area contributed by atoms with E-state index in [1.807, 2.05) is 29.2 Å². The molecule has 3 heteroatoms. The Kier molecular flexibility index (Phi) is 4.98. The first kappa shape index (κ1) is 19.0. The molecule has 1 aliphatic rings. The van der Waals surface area contributed by atoms with Crippen LogP contribution in [0.5, 0.6) is 0 Å². The van der Waals surface area contributed by atoms with E-state index in [0.717, 1.165) is 28.1 Å². The van der Waals surface area contributed by atoms with Gasteiger partial charge in [0.2, 0.25) is 0 Å². The van der Waals surface area contributed by atoms with Crippen LogP contribution in [0.25, 0.3) is 0 Å². The fraction of sp³-hybridized carbons (Fsp3) is 0.192. The molecule has 3 aromatic carbocycles. The van der Waals surface area contributed by atoms with E-state index in [0.29, 0.717) is 5.70 Å². The van der Waals surface area contributed by atoms with E-state index >= 15 is 0 Å².